The summed E-state index contributed by atoms with van der Waals surface area (Å²) in [6.45, 7) is 9.13. The van der Waals surface area contributed by atoms with Crippen molar-refractivity contribution >= 4 is 11.6 Å². The van der Waals surface area contributed by atoms with Crippen LogP contribution < -0.4 is 0 Å². The molecule has 0 bridgehead atoms. The lowest BCUT2D eigenvalue weighted by Gasteiger charge is -1.92. The first-order valence-electron chi connectivity index (χ1n) is 2.21. The van der Waals surface area contributed by atoms with Crippen LogP contribution in [0.4, 0.5) is 0 Å². The molecule has 0 N–H and O–H groups in total. The van der Waals surface area contributed by atoms with E-state index in [4.69, 9.17) is 11.6 Å². The average molecular weight is 117 g/mol. The number of hydrogen-bond donors (Lipinski definition) is 0. The molecule has 0 amide bonds. The minimum absolute atomic E-state index is 0.572. The van der Waals surface area contributed by atoms with Crippen molar-refractivity contribution in [2.45, 2.75) is 13.3 Å². The lowest BCUT2D eigenvalue weighted by molar-refractivity contribution is 1.15. The second-order valence-electron chi connectivity index (χ2n) is 1.36. The highest BCUT2D eigenvalue weighted by molar-refractivity contribution is 6.31. The molecule has 40 valence electrons. The van der Waals surface area contributed by atoms with Gasteiger partial charge >= 0.3 is 0 Å². The van der Waals surface area contributed by atoms with Gasteiger partial charge < -0.3 is 0 Å². The third-order valence-corrected chi connectivity index (χ3v) is 1.08. The highest BCUT2D eigenvalue weighted by atomic mass is 35.5. The zero-order valence-corrected chi connectivity index (χ0v) is 5.26. The monoisotopic (exact) mass is 116 g/mol. The number of rotatable bonds is 2. The first-order valence-corrected chi connectivity index (χ1v) is 2.58. The van der Waals surface area contributed by atoms with E-state index in [0.29, 0.717) is 5.03 Å². The summed E-state index contributed by atoms with van der Waals surface area (Å²) in [5, 5.41) is 0.572. The fourth-order valence-electron chi connectivity index (χ4n) is 0.192. The van der Waals surface area contributed by atoms with Gasteiger partial charge in [0.2, 0.25) is 0 Å². The topological polar surface area (TPSA) is 0 Å². The second-order valence-corrected chi connectivity index (χ2v) is 1.82. The largest absolute Gasteiger partial charge is 0.0944 e. The minimum Gasteiger partial charge on any atom is -0.0944 e. The number of hydrogen-bond acceptors (Lipinski definition) is 0. The maximum absolute atomic E-state index is 5.43. The predicted molar refractivity (Wildman–Crippen MR) is 34.4 cm³/mol. The quantitative estimate of drug-likeness (QED) is 0.487. The first kappa shape index (κ1) is 6.77. The summed E-state index contributed by atoms with van der Waals surface area (Å²) in [6, 6.07) is 0. The zero-order valence-electron chi connectivity index (χ0n) is 4.50. The van der Waals surface area contributed by atoms with Crippen LogP contribution in [0.1, 0.15) is 13.3 Å². The fourth-order valence-corrected chi connectivity index (χ4v) is 0.325. The SMILES string of the molecule is C=C(Cl)C(=C)CC. The van der Waals surface area contributed by atoms with E-state index in [1.54, 1.807) is 0 Å². The Kier molecular flexibility index (Phi) is 2.77. The van der Waals surface area contributed by atoms with Gasteiger partial charge in [-0.15, -0.1) is 0 Å². The first-order chi connectivity index (χ1) is 3.18. The molecular weight excluding hydrogens is 108 g/mol. The lowest BCUT2D eigenvalue weighted by atomic mass is 10.2. The van der Waals surface area contributed by atoms with Gasteiger partial charge in [-0.05, 0) is 12.0 Å². The minimum atomic E-state index is 0.572. The van der Waals surface area contributed by atoms with Crippen LogP contribution in [0.2, 0.25) is 0 Å². The summed E-state index contributed by atoms with van der Waals surface area (Å²) in [5.74, 6) is 0. The van der Waals surface area contributed by atoms with Crippen molar-refractivity contribution in [3.8, 4) is 0 Å². The summed E-state index contributed by atoms with van der Waals surface area (Å²) < 4.78 is 0. The summed E-state index contributed by atoms with van der Waals surface area (Å²) in [7, 11) is 0. The van der Waals surface area contributed by atoms with Gasteiger partial charge in [-0.25, -0.2) is 0 Å². The van der Waals surface area contributed by atoms with Gasteiger partial charge in [0, 0.05) is 5.03 Å². The molecule has 0 aliphatic carbocycles. The van der Waals surface area contributed by atoms with E-state index in [0.717, 1.165) is 12.0 Å². The van der Waals surface area contributed by atoms with E-state index < -0.39 is 0 Å². The predicted octanol–water partition coefficient (Wildman–Crippen LogP) is 2.71. The van der Waals surface area contributed by atoms with Crippen LogP contribution in [-0.2, 0) is 0 Å². The Morgan fingerprint density at radius 2 is 2.00 bits per heavy atom. The standard InChI is InChI=1S/C6H9Cl/c1-4-5(2)6(3)7/h2-4H2,1H3. The molecule has 0 unspecified atom stereocenters. The summed E-state index contributed by atoms with van der Waals surface area (Å²) in [5.41, 5.74) is 0.918. The van der Waals surface area contributed by atoms with Crippen LogP contribution >= 0.6 is 11.6 Å². The highest BCUT2D eigenvalue weighted by Gasteiger charge is 1.88. The molecule has 0 rings (SSSR count). The van der Waals surface area contributed by atoms with Crippen molar-refractivity contribution in [2.75, 3.05) is 0 Å². The Bertz CT molecular complexity index is 92.4. The Morgan fingerprint density at radius 1 is 1.57 bits per heavy atom. The van der Waals surface area contributed by atoms with Gasteiger partial charge in [0.05, 0.1) is 0 Å². The van der Waals surface area contributed by atoms with Crippen LogP contribution in [-0.4, -0.2) is 0 Å². The van der Waals surface area contributed by atoms with E-state index in [9.17, 15) is 0 Å². The van der Waals surface area contributed by atoms with E-state index in [2.05, 4.69) is 13.2 Å². The molecule has 0 radical (unpaired) electrons. The van der Waals surface area contributed by atoms with Crippen LogP contribution in [0.5, 0.6) is 0 Å². The molecule has 0 saturated carbocycles. The highest BCUT2D eigenvalue weighted by Crippen LogP contribution is 2.11. The molecule has 0 aromatic heterocycles. The molecule has 0 aromatic carbocycles. The maximum atomic E-state index is 5.43. The van der Waals surface area contributed by atoms with Crippen LogP contribution in [0.25, 0.3) is 0 Å². The molecular formula is C6H9Cl. The van der Waals surface area contributed by atoms with Crippen LogP contribution in [0.3, 0.4) is 0 Å². The van der Waals surface area contributed by atoms with Crippen molar-refractivity contribution < 1.29 is 0 Å². The lowest BCUT2D eigenvalue weighted by Crippen LogP contribution is -1.71. The molecule has 0 aliphatic rings. The third-order valence-electron chi connectivity index (χ3n) is 0.810. The van der Waals surface area contributed by atoms with Gasteiger partial charge in [-0.1, -0.05) is 31.7 Å². The van der Waals surface area contributed by atoms with Crippen molar-refractivity contribution in [2.24, 2.45) is 0 Å². The van der Waals surface area contributed by atoms with Gasteiger partial charge in [0.25, 0.3) is 0 Å². The molecule has 7 heavy (non-hydrogen) atoms. The Balaban J connectivity index is 3.58. The molecule has 0 fully saturated rings. The molecule has 0 atom stereocenters. The van der Waals surface area contributed by atoms with Gasteiger partial charge in [0.15, 0.2) is 0 Å². The molecule has 0 aromatic rings. The van der Waals surface area contributed by atoms with Crippen molar-refractivity contribution in [3.63, 3.8) is 0 Å². The van der Waals surface area contributed by atoms with Crippen LogP contribution in [0, 0.1) is 0 Å². The van der Waals surface area contributed by atoms with Crippen molar-refractivity contribution in [3.05, 3.63) is 23.8 Å². The molecule has 0 aliphatic heterocycles. The smallest absolute Gasteiger partial charge is 0.0360 e. The normalized spacial score (nSPS) is 8.29. The fraction of sp³-hybridized carbons (Fsp3) is 0.333. The van der Waals surface area contributed by atoms with Crippen molar-refractivity contribution in [1.82, 2.24) is 0 Å². The van der Waals surface area contributed by atoms with Crippen LogP contribution in [0.15, 0.2) is 23.8 Å². The molecule has 1 heteroatoms. The van der Waals surface area contributed by atoms with E-state index in [-0.39, 0.29) is 0 Å². The zero-order chi connectivity index (χ0) is 5.86. The second kappa shape index (κ2) is 2.86. The third kappa shape index (κ3) is 2.46. The summed E-state index contributed by atoms with van der Waals surface area (Å²) in [6.07, 6.45) is 0.891. The van der Waals surface area contributed by atoms with Crippen molar-refractivity contribution in [1.29, 1.82) is 0 Å². The molecule has 0 spiro atoms. The Labute approximate surface area is 49.5 Å². The summed E-state index contributed by atoms with van der Waals surface area (Å²) in [4.78, 5) is 0. The maximum Gasteiger partial charge on any atom is 0.0360 e. The van der Waals surface area contributed by atoms with Gasteiger partial charge in [-0.3, -0.25) is 0 Å². The average Bonchev–Trinajstić information content (AvgIpc) is 1.65. The summed E-state index contributed by atoms with van der Waals surface area (Å²) >= 11 is 5.43. The number of halogens is 1. The number of allylic oxidation sites excluding steroid dienone is 2. The van der Waals surface area contributed by atoms with E-state index in [1.807, 2.05) is 6.92 Å². The molecule has 0 nitrogen and oxygen atoms in total. The van der Waals surface area contributed by atoms with Gasteiger partial charge in [-0.2, -0.15) is 0 Å². The van der Waals surface area contributed by atoms with E-state index >= 15 is 0 Å². The Morgan fingerprint density at radius 3 is 2.00 bits per heavy atom. The molecule has 0 saturated heterocycles. The van der Waals surface area contributed by atoms with Gasteiger partial charge in [0.1, 0.15) is 0 Å². The Hall–Kier alpha value is -0.230. The molecule has 0 heterocycles. The van der Waals surface area contributed by atoms with E-state index in [1.165, 1.54) is 0 Å².